The summed E-state index contributed by atoms with van der Waals surface area (Å²) in [5.41, 5.74) is 0. The molecule has 0 saturated carbocycles. The zero-order chi connectivity index (χ0) is 11.6. The molecule has 0 radical (unpaired) electrons. The van der Waals surface area contributed by atoms with Crippen LogP contribution in [0, 0.1) is 0 Å². The highest BCUT2D eigenvalue weighted by atomic mass is 79.9. The quantitative estimate of drug-likeness (QED) is 0.712. The molecule has 0 N–H and O–H groups in total. The van der Waals surface area contributed by atoms with E-state index in [4.69, 9.17) is 9.47 Å². The van der Waals surface area contributed by atoms with Crippen molar-refractivity contribution in [1.82, 2.24) is 0 Å². The zero-order valence-electron chi connectivity index (χ0n) is 10.2. The molecule has 2 nitrogen and oxygen atoms in total. The Balaban J connectivity index is 2.29. The maximum absolute atomic E-state index is 5.82. The van der Waals surface area contributed by atoms with Crippen molar-refractivity contribution in [2.45, 2.75) is 51.6 Å². The second-order valence-corrected chi connectivity index (χ2v) is 5.19. The van der Waals surface area contributed by atoms with Gasteiger partial charge in [-0.3, -0.25) is 0 Å². The molecule has 0 amide bonds. The Morgan fingerprint density at radius 1 is 1.25 bits per heavy atom. The van der Waals surface area contributed by atoms with Gasteiger partial charge in [0.15, 0.2) is 0 Å². The van der Waals surface area contributed by atoms with Crippen LogP contribution in [0.15, 0.2) is 10.6 Å². The van der Waals surface area contributed by atoms with Gasteiger partial charge in [-0.15, -0.1) is 0 Å². The smallest absolute Gasteiger partial charge is 0.0767 e. The molecule has 1 rings (SSSR count). The van der Waals surface area contributed by atoms with Crippen molar-refractivity contribution in [3.05, 3.63) is 10.6 Å². The van der Waals surface area contributed by atoms with Gasteiger partial charge in [-0.25, -0.2) is 0 Å². The number of rotatable bonds is 5. The summed E-state index contributed by atoms with van der Waals surface area (Å²) in [6, 6.07) is 0. The summed E-state index contributed by atoms with van der Waals surface area (Å²) in [5, 5.41) is 0. The Labute approximate surface area is 108 Å². The molecule has 1 unspecified atom stereocenters. The molecule has 16 heavy (non-hydrogen) atoms. The molecule has 1 atom stereocenters. The number of halogens is 1. The molecule has 1 aliphatic carbocycles. The molecular formula is C13H23BrO2. The normalized spacial score (nSPS) is 23.1. The van der Waals surface area contributed by atoms with Crippen LogP contribution < -0.4 is 0 Å². The van der Waals surface area contributed by atoms with E-state index in [-0.39, 0.29) is 6.10 Å². The van der Waals surface area contributed by atoms with Gasteiger partial charge in [-0.2, -0.15) is 0 Å². The second kappa shape index (κ2) is 9.20. The highest BCUT2D eigenvalue weighted by Crippen LogP contribution is 2.22. The lowest BCUT2D eigenvalue weighted by atomic mass is 10.1. The van der Waals surface area contributed by atoms with E-state index < -0.39 is 0 Å². The molecule has 94 valence electrons. The van der Waals surface area contributed by atoms with E-state index in [1.54, 1.807) is 0 Å². The first kappa shape index (κ1) is 14.2. The average molecular weight is 291 g/mol. The van der Waals surface area contributed by atoms with Crippen molar-refractivity contribution >= 4 is 15.9 Å². The van der Waals surface area contributed by atoms with Gasteiger partial charge in [0, 0.05) is 6.61 Å². The first-order chi connectivity index (χ1) is 7.83. The Morgan fingerprint density at radius 3 is 2.88 bits per heavy atom. The molecule has 0 aromatic heterocycles. The Morgan fingerprint density at radius 2 is 2.06 bits per heavy atom. The third-order valence-corrected chi connectivity index (χ3v) is 3.45. The monoisotopic (exact) mass is 290 g/mol. The van der Waals surface area contributed by atoms with Crippen molar-refractivity contribution in [2.24, 2.45) is 0 Å². The van der Waals surface area contributed by atoms with Crippen LogP contribution in [0.1, 0.15) is 45.4 Å². The van der Waals surface area contributed by atoms with Crippen molar-refractivity contribution in [3.63, 3.8) is 0 Å². The Hall–Kier alpha value is 0.140. The van der Waals surface area contributed by atoms with E-state index in [1.807, 2.05) is 6.92 Å². The number of hydrogen-bond donors (Lipinski definition) is 0. The summed E-state index contributed by atoms with van der Waals surface area (Å²) in [4.78, 5) is 0. The highest BCUT2D eigenvalue weighted by molar-refractivity contribution is 9.11. The second-order valence-electron chi connectivity index (χ2n) is 4.17. The minimum absolute atomic E-state index is 0.271. The SMILES string of the molecule is CCOCCOC1C=C(Br)CCCCCC1. The summed E-state index contributed by atoms with van der Waals surface area (Å²) in [6.07, 6.45) is 10.0. The fourth-order valence-corrected chi connectivity index (χ4v) is 2.47. The third-order valence-electron chi connectivity index (χ3n) is 2.78. The molecule has 0 aliphatic heterocycles. The molecule has 0 fully saturated rings. The highest BCUT2D eigenvalue weighted by Gasteiger charge is 2.09. The number of hydrogen-bond acceptors (Lipinski definition) is 2. The minimum Gasteiger partial charge on any atom is -0.379 e. The first-order valence-corrected chi connectivity index (χ1v) is 7.17. The predicted octanol–water partition coefficient (Wildman–Crippen LogP) is 4.04. The van der Waals surface area contributed by atoms with Gasteiger partial charge in [0.2, 0.25) is 0 Å². The summed E-state index contributed by atoms with van der Waals surface area (Å²) in [5.74, 6) is 0. The van der Waals surface area contributed by atoms with Crippen molar-refractivity contribution in [2.75, 3.05) is 19.8 Å². The number of allylic oxidation sites excluding steroid dienone is 1. The van der Waals surface area contributed by atoms with E-state index in [0.29, 0.717) is 13.2 Å². The molecule has 0 bridgehead atoms. The van der Waals surface area contributed by atoms with Crippen molar-refractivity contribution in [1.29, 1.82) is 0 Å². The van der Waals surface area contributed by atoms with Gasteiger partial charge >= 0.3 is 0 Å². The van der Waals surface area contributed by atoms with Gasteiger partial charge in [0.25, 0.3) is 0 Å². The van der Waals surface area contributed by atoms with Gasteiger partial charge in [-0.1, -0.05) is 35.2 Å². The van der Waals surface area contributed by atoms with Crippen LogP contribution >= 0.6 is 15.9 Å². The fraction of sp³-hybridized carbons (Fsp3) is 0.846. The van der Waals surface area contributed by atoms with Crippen LogP contribution in [0.3, 0.4) is 0 Å². The first-order valence-electron chi connectivity index (χ1n) is 6.38. The summed E-state index contributed by atoms with van der Waals surface area (Å²) in [6.45, 7) is 4.19. The summed E-state index contributed by atoms with van der Waals surface area (Å²) < 4.78 is 12.4. The van der Waals surface area contributed by atoms with E-state index in [2.05, 4.69) is 22.0 Å². The topological polar surface area (TPSA) is 18.5 Å². The zero-order valence-corrected chi connectivity index (χ0v) is 11.8. The van der Waals surface area contributed by atoms with Crippen LogP contribution in [0.25, 0.3) is 0 Å². The molecule has 0 heterocycles. The van der Waals surface area contributed by atoms with Gasteiger partial charge in [0.05, 0.1) is 19.3 Å². The number of ether oxygens (including phenoxy) is 2. The fourth-order valence-electron chi connectivity index (χ4n) is 1.90. The van der Waals surface area contributed by atoms with Crippen LogP contribution in [0.5, 0.6) is 0 Å². The van der Waals surface area contributed by atoms with Gasteiger partial charge in [-0.05, 0) is 36.7 Å². The van der Waals surface area contributed by atoms with Gasteiger partial charge in [0.1, 0.15) is 0 Å². The van der Waals surface area contributed by atoms with E-state index in [9.17, 15) is 0 Å². The summed E-state index contributed by atoms with van der Waals surface area (Å²) >= 11 is 3.62. The van der Waals surface area contributed by atoms with E-state index >= 15 is 0 Å². The predicted molar refractivity (Wildman–Crippen MR) is 70.9 cm³/mol. The molecule has 0 saturated heterocycles. The Kier molecular flexibility index (Phi) is 8.17. The lowest BCUT2D eigenvalue weighted by Gasteiger charge is -2.14. The van der Waals surface area contributed by atoms with Crippen LogP contribution in [-0.2, 0) is 9.47 Å². The molecule has 0 aromatic carbocycles. The minimum atomic E-state index is 0.271. The van der Waals surface area contributed by atoms with Crippen molar-refractivity contribution in [3.8, 4) is 0 Å². The van der Waals surface area contributed by atoms with Crippen LogP contribution in [-0.4, -0.2) is 25.9 Å². The average Bonchev–Trinajstić information content (AvgIpc) is 2.37. The standard InChI is InChI=1S/C13H23BrO2/c1-2-15-9-10-16-13-8-6-4-3-5-7-12(14)11-13/h11,13H,2-10H2,1H3. The van der Waals surface area contributed by atoms with Crippen LogP contribution in [0.2, 0.25) is 0 Å². The van der Waals surface area contributed by atoms with Crippen LogP contribution in [0.4, 0.5) is 0 Å². The lowest BCUT2D eigenvalue weighted by Crippen LogP contribution is -2.14. The molecule has 0 spiro atoms. The Bertz CT molecular complexity index is 204. The maximum Gasteiger partial charge on any atom is 0.0767 e. The maximum atomic E-state index is 5.82. The molecular weight excluding hydrogens is 268 g/mol. The molecule has 1 aliphatic rings. The summed E-state index contributed by atoms with van der Waals surface area (Å²) in [7, 11) is 0. The molecule has 0 aromatic rings. The van der Waals surface area contributed by atoms with E-state index in [1.165, 1.54) is 30.2 Å². The van der Waals surface area contributed by atoms with Gasteiger partial charge < -0.3 is 9.47 Å². The largest absolute Gasteiger partial charge is 0.379 e. The van der Waals surface area contributed by atoms with Crippen molar-refractivity contribution < 1.29 is 9.47 Å². The third kappa shape index (κ3) is 6.66. The lowest BCUT2D eigenvalue weighted by molar-refractivity contribution is 0.0230. The molecule has 3 heteroatoms. The van der Waals surface area contributed by atoms with E-state index in [0.717, 1.165) is 19.4 Å².